The molecule has 0 spiro atoms. The second-order valence-electron chi connectivity index (χ2n) is 7.99. The predicted molar refractivity (Wildman–Crippen MR) is 117 cm³/mol. The van der Waals surface area contributed by atoms with Crippen LogP contribution in [0.3, 0.4) is 0 Å². The number of esters is 1. The molecular formula is C22H26N6O4. The van der Waals surface area contributed by atoms with Crippen LogP contribution in [0.25, 0.3) is 11.0 Å². The first-order valence-electron chi connectivity index (χ1n) is 10.5. The summed E-state index contributed by atoms with van der Waals surface area (Å²) in [5, 5.41) is 4.31. The third-order valence-electron chi connectivity index (χ3n) is 5.59. The number of benzene rings is 1. The summed E-state index contributed by atoms with van der Waals surface area (Å²) in [4.78, 5) is 45.2. The number of nitrogens with zero attached hydrogens (tertiary/aromatic N) is 6. The van der Waals surface area contributed by atoms with Crippen molar-refractivity contribution in [2.75, 3.05) is 32.8 Å². The first kappa shape index (κ1) is 21.7. The number of amides is 1. The summed E-state index contributed by atoms with van der Waals surface area (Å²) in [5.41, 5.74) is 2.55. The molecule has 0 saturated carbocycles. The number of ether oxygens (including phenoxy) is 1. The second kappa shape index (κ2) is 9.31. The van der Waals surface area contributed by atoms with Crippen molar-refractivity contribution < 1.29 is 14.3 Å². The maximum Gasteiger partial charge on any atom is 0.326 e. The van der Waals surface area contributed by atoms with Crippen molar-refractivity contribution in [1.29, 1.82) is 0 Å². The molecule has 1 aromatic carbocycles. The van der Waals surface area contributed by atoms with Gasteiger partial charge in [0.1, 0.15) is 18.3 Å². The van der Waals surface area contributed by atoms with Crippen molar-refractivity contribution in [3.8, 4) is 0 Å². The van der Waals surface area contributed by atoms with Crippen molar-refractivity contribution in [1.82, 2.24) is 29.1 Å². The van der Waals surface area contributed by atoms with Crippen molar-refractivity contribution in [3.63, 3.8) is 0 Å². The highest BCUT2D eigenvalue weighted by Crippen LogP contribution is 2.11. The van der Waals surface area contributed by atoms with Crippen LogP contribution in [0.2, 0.25) is 0 Å². The van der Waals surface area contributed by atoms with Gasteiger partial charge in [0.05, 0.1) is 6.20 Å². The van der Waals surface area contributed by atoms with Crippen LogP contribution >= 0.6 is 0 Å². The molecule has 1 aliphatic rings. The van der Waals surface area contributed by atoms with Gasteiger partial charge in [-0.15, -0.1) is 0 Å². The Balaban J connectivity index is 1.24. The van der Waals surface area contributed by atoms with E-state index in [-0.39, 0.29) is 24.6 Å². The zero-order valence-electron chi connectivity index (χ0n) is 18.2. The van der Waals surface area contributed by atoms with Crippen LogP contribution in [0, 0.1) is 6.92 Å². The van der Waals surface area contributed by atoms with Crippen LogP contribution in [-0.2, 0) is 34.5 Å². The van der Waals surface area contributed by atoms with Crippen molar-refractivity contribution >= 4 is 22.9 Å². The quantitative estimate of drug-likeness (QED) is 0.511. The molecule has 0 radical (unpaired) electrons. The number of fused-ring (bicyclic) bond motifs is 1. The molecule has 0 aliphatic carbocycles. The lowest BCUT2D eigenvalue weighted by Gasteiger charge is -2.34. The molecule has 0 unspecified atom stereocenters. The van der Waals surface area contributed by atoms with Gasteiger partial charge in [0.2, 0.25) is 0 Å². The van der Waals surface area contributed by atoms with E-state index in [0.29, 0.717) is 24.1 Å². The van der Waals surface area contributed by atoms with Gasteiger partial charge in [-0.2, -0.15) is 5.10 Å². The molecule has 1 saturated heterocycles. The highest BCUT2D eigenvalue weighted by molar-refractivity contribution is 5.81. The molecule has 1 fully saturated rings. The minimum atomic E-state index is -0.663. The fourth-order valence-corrected chi connectivity index (χ4v) is 3.82. The van der Waals surface area contributed by atoms with Gasteiger partial charge in [0.15, 0.2) is 12.3 Å². The number of aryl methyl sites for hydroxylation is 2. The summed E-state index contributed by atoms with van der Waals surface area (Å²) >= 11 is 0. The molecule has 3 heterocycles. The van der Waals surface area contributed by atoms with E-state index in [0.717, 1.165) is 24.2 Å². The zero-order chi connectivity index (χ0) is 22.7. The third-order valence-corrected chi connectivity index (χ3v) is 5.59. The molecular weight excluding hydrogens is 412 g/mol. The Hall–Kier alpha value is -3.53. The third kappa shape index (κ3) is 4.86. The van der Waals surface area contributed by atoms with Gasteiger partial charge in [-0.05, 0) is 12.5 Å². The fourth-order valence-electron chi connectivity index (χ4n) is 3.82. The summed E-state index contributed by atoms with van der Waals surface area (Å²) in [6, 6.07) is 8.41. The van der Waals surface area contributed by atoms with Gasteiger partial charge in [0, 0.05) is 39.8 Å². The second-order valence-corrected chi connectivity index (χ2v) is 7.99. The first-order chi connectivity index (χ1) is 15.4. The Kier molecular flexibility index (Phi) is 6.31. The largest absolute Gasteiger partial charge is 0.454 e. The smallest absolute Gasteiger partial charge is 0.326 e. The number of carbonyl (C=O) groups is 2. The van der Waals surface area contributed by atoms with Crippen LogP contribution in [0.4, 0.5) is 0 Å². The average molecular weight is 438 g/mol. The molecule has 0 N–H and O–H groups in total. The molecule has 168 valence electrons. The minimum Gasteiger partial charge on any atom is -0.454 e. The molecule has 3 aromatic rings. The Morgan fingerprint density at radius 3 is 2.69 bits per heavy atom. The van der Waals surface area contributed by atoms with Crippen LogP contribution in [0.5, 0.6) is 0 Å². The monoisotopic (exact) mass is 438 g/mol. The van der Waals surface area contributed by atoms with E-state index in [1.807, 2.05) is 0 Å². The molecule has 0 bridgehead atoms. The number of hydrogen-bond donors (Lipinski definition) is 0. The van der Waals surface area contributed by atoms with Crippen LogP contribution in [0.15, 0.2) is 41.6 Å². The van der Waals surface area contributed by atoms with Crippen molar-refractivity contribution in [2.24, 2.45) is 7.05 Å². The Labute approximate surface area is 185 Å². The van der Waals surface area contributed by atoms with Crippen molar-refractivity contribution in [2.45, 2.75) is 20.0 Å². The maximum atomic E-state index is 12.4. The number of hydrogen-bond acceptors (Lipinski definition) is 7. The first-order valence-corrected chi connectivity index (χ1v) is 10.5. The summed E-state index contributed by atoms with van der Waals surface area (Å²) in [6.45, 7) is 4.97. The van der Waals surface area contributed by atoms with Gasteiger partial charge < -0.3 is 9.64 Å². The van der Waals surface area contributed by atoms with E-state index in [9.17, 15) is 14.4 Å². The molecule has 1 aliphatic heterocycles. The average Bonchev–Trinajstić information content (AvgIpc) is 3.16. The Bertz CT molecular complexity index is 1190. The molecule has 10 nitrogen and oxygen atoms in total. The topological polar surface area (TPSA) is 103 Å². The predicted octanol–water partition coefficient (Wildman–Crippen LogP) is 0.326. The lowest BCUT2D eigenvalue weighted by Crippen LogP contribution is -2.49. The summed E-state index contributed by atoms with van der Waals surface area (Å²) in [7, 11) is 1.68. The maximum absolute atomic E-state index is 12.4. The van der Waals surface area contributed by atoms with Gasteiger partial charge in [-0.1, -0.05) is 29.8 Å². The number of piperazine rings is 1. The van der Waals surface area contributed by atoms with Gasteiger partial charge in [-0.3, -0.25) is 28.5 Å². The van der Waals surface area contributed by atoms with Gasteiger partial charge >= 0.3 is 5.97 Å². The van der Waals surface area contributed by atoms with E-state index in [4.69, 9.17) is 4.74 Å². The van der Waals surface area contributed by atoms with Gasteiger partial charge in [-0.25, -0.2) is 4.98 Å². The standard InChI is InChI=1S/C22H26N6O4/c1-16-4-3-5-17(10-16)12-26-6-8-27(9-7-26)19(29)14-32-20(30)13-28-15-23-21-18(22(28)31)11-24-25(21)2/h3-5,10-11,15H,6-9,12-14H2,1-2H3. The van der Waals surface area contributed by atoms with E-state index in [1.54, 1.807) is 11.9 Å². The highest BCUT2D eigenvalue weighted by atomic mass is 16.5. The Morgan fingerprint density at radius 2 is 1.94 bits per heavy atom. The normalized spacial score (nSPS) is 14.6. The van der Waals surface area contributed by atoms with E-state index in [2.05, 4.69) is 46.2 Å². The van der Waals surface area contributed by atoms with Gasteiger partial charge in [0.25, 0.3) is 11.5 Å². The van der Waals surface area contributed by atoms with Crippen LogP contribution < -0.4 is 5.56 Å². The molecule has 0 atom stereocenters. The lowest BCUT2D eigenvalue weighted by atomic mass is 10.1. The number of carbonyl (C=O) groups excluding carboxylic acids is 2. The van der Waals surface area contributed by atoms with Crippen LogP contribution in [-0.4, -0.2) is 73.8 Å². The summed E-state index contributed by atoms with van der Waals surface area (Å²) in [6.07, 6.45) is 2.69. The highest BCUT2D eigenvalue weighted by Gasteiger charge is 2.22. The molecule has 2 aromatic heterocycles. The summed E-state index contributed by atoms with van der Waals surface area (Å²) in [5.74, 6) is -0.898. The lowest BCUT2D eigenvalue weighted by molar-refractivity contribution is -0.153. The minimum absolute atomic E-state index is 0.235. The summed E-state index contributed by atoms with van der Waals surface area (Å²) < 4.78 is 7.76. The molecule has 10 heteroatoms. The number of rotatable bonds is 6. The number of aromatic nitrogens is 4. The fraction of sp³-hybridized carbons (Fsp3) is 0.409. The van der Waals surface area contributed by atoms with Crippen LogP contribution in [0.1, 0.15) is 11.1 Å². The molecule has 4 rings (SSSR count). The van der Waals surface area contributed by atoms with Crippen molar-refractivity contribution in [3.05, 3.63) is 58.3 Å². The SMILES string of the molecule is Cc1cccc(CN2CCN(C(=O)COC(=O)Cn3cnc4c(cnn4C)c3=O)CC2)c1. The zero-order valence-corrected chi connectivity index (χ0v) is 18.2. The van der Waals surface area contributed by atoms with E-state index in [1.165, 1.54) is 28.3 Å². The molecule has 32 heavy (non-hydrogen) atoms. The van der Waals surface area contributed by atoms with E-state index >= 15 is 0 Å². The Morgan fingerprint density at radius 1 is 1.16 bits per heavy atom. The van der Waals surface area contributed by atoms with E-state index < -0.39 is 5.97 Å². The molecule has 1 amide bonds.